The smallest absolute Gasteiger partial charge is 0.307 e. The van der Waals surface area contributed by atoms with E-state index in [4.69, 9.17) is 10.4 Å². The first-order chi connectivity index (χ1) is 5.04. The second-order valence-electron chi connectivity index (χ2n) is 1.78. The van der Waals surface area contributed by atoms with Crippen LogP contribution in [0.25, 0.3) is 0 Å². The van der Waals surface area contributed by atoms with Gasteiger partial charge in [-0.15, -0.1) is 6.58 Å². The average Bonchev–Trinajstić information content (AvgIpc) is 1.89. The molecule has 0 rings (SSSR count). The number of aliphatic carboxylic acids is 1. The Morgan fingerprint density at radius 1 is 1.82 bits per heavy atom. The van der Waals surface area contributed by atoms with Gasteiger partial charge in [0.1, 0.15) is 0 Å². The summed E-state index contributed by atoms with van der Waals surface area (Å²) in [6, 6.07) is 1.83. The third kappa shape index (κ3) is 29.6. The van der Waals surface area contributed by atoms with Gasteiger partial charge in [-0.25, -0.2) is 0 Å². The van der Waals surface area contributed by atoms with E-state index < -0.39 is 5.97 Å². The van der Waals surface area contributed by atoms with E-state index in [9.17, 15) is 4.79 Å². The molecule has 3 heteroatoms. The summed E-state index contributed by atoms with van der Waals surface area (Å²) < 4.78 is 0. The number of rotatable bonds is 2. The van der Waals surface area contributed by atoms with Crippen LogP contribution in [0.1, 0.15) is 13.3 Å². The zero-order chi connectivity index (χ0) is 9.28. The molecule has 0 aromatic heterocycles. The molecule has 0 aliphatic rings. The van der Waals surface area contributed by atoms with E-state index in [0.717, 1.165) is 0 Å². The van der Waals surface area contributed by atoms with E-state index in [0.29, 0.717) is 5.57 Å². The molecule has 11 heavy (non-hydrogen) atoms. The minimum Gasteiger partial charge on any atom is -0.481 e. The van der Waals surface area contributed by atoms with Gasteiger partial charge in [-0.05, 0) is 6.92 Å². The highest BCUT2D eigenvalue weighted by Gasteiger charge is 1.84. The topological polar surface area (TPSA) is 61.1 Å². The van der Waals surface area contributed by atoms with Crippen LogP contribution in [0.3, 0.4) is 0 Å². The third-order valence-corrected chi connectivity index (χ3v) is 0.510. The second kappa shape index (κ2) is 8.44. The van der Waals surface area contributed by atoms with E-state index in [1.807, 2.05) is 6.07 Å². The van der Waals surface area contributed by atoms with Gasteiger partial charge in [-0.2, -0.15) is 5.26 Å². The number of allylic oxidation sites excluding steroid dienone is 1. The van der Waals surface area contributed by atoms with E-state index in [1.165, 1.54) is 6.08 Å². The lowest BCUT2D eigenvalue weighted by Crippen LogP contribution is -1.88. The Kier molecular flexibility index (Phi) is 9.32. The molecule has 60 valence electrons. The molecule has 1 N–H and O–H groups in total. The molecule has 0 saturated carbocycles. The highest BCUT2D eigenvalue weighted by molar-refractivity contribution is 5.68. The first-order valence-electron chi connectivity index (χ1n) is 2.92. The molecular formula is C8H11NO2. The number of hydrogen-bond acceptors (Lipinski definition) is 2. The SMILES string of the molecule is C=C(C)C#N.C=CCC(=O)O. The maximum atomic E-state index is 9.53. The first kappa shape index (κ1) is 12.1. The van der Waals surface area contributed by atoms with Gasteiger partial charge in [0, 0.05) is 5.57 Å². The van der Waals surface area contributed by atoms with Gasteiger partial charge in [-0.1, -0.05) is 12.7 Å². The normalized spacial score (nSPS) is 6.55. The van der Waals surface area contributed by atoms with Gasteiger partial charge in [0.15, 0.2) is 0 Å². The van der Waals surface area contributed by atoms with Gasteiger partial charge in [0.25, 0.3) is 0 Å². The lowest BCUT2D eigenvalue weighted by Gasteiger charge is -1.75. The summed E-state index contributed by atoms with van der Waals surface area (Å²) in [6.45, 7) is 8.20. The standard InChI is InChI=1S/C4H5N.C4H6O2/c1-4(2)3-5;1-2-3-4(5)6/h1H2,2H3;2H,1,3H2,(H,5,6). The highest BCUT2D eigenvalue weighted by atomic mass is 16.4. The van der Waals surface area contributed by atoms with Crippen molar-refractivity contribution in [3.05, 3.63) is 24.8 Å². The van der Waals surface area contributed by atoms with Crippen molar-refractivity contribution in [3.63, 3.8) is 0 Å². The number of carboxylic acids is 1. The molecule has 0 radical (unpaired) electrons. The molecule has 0 aromatic rings. The Labute approximate surface area is 66.3 Å². The lowest BCUT2D eigenvalue weighted by atomic mass is 10.4. The van der Waals surface area contributed by atoms with Crippen LogP contribution in [-0.2, 0) is 4.79 Å². The summed E-state index contributed by atoms with van der Waals surface area (Å²) in [4.78, 5) is 9.53. The molecule has 0 aliphatic heterocycles. The number of nitrogens with zero attached hydrogens (tertiary/aromatic N) is 1. The third-order valence-electron chi connectivity index (χ3n) is 0.510. The first-order valence-corrected chi connectivity index (χ1v) is 2.92. The summed E-state index contributed by atoms with van der Waals surface area (Å²) in [5, 5.41) is 15.6. The number of nitriles is 1. The maximum absolute atomic E-state index is 9.53. The maximum Gasteiger partial charge on any atom is 0.307 e. The molecule has 0 aliphatic carbocycles. The van der Waals surface area contributed by atoms with Gasteiger partial charge in [-0.3, -0.25) is 4.79 Å². The fourth-order valence-corrected chi connectivity index (χ4v) is 0.123. The van der Waals surface area contributed by atoms with E-state index in [1.54, 1.807) is 6.92 Å². The molecule has 0 atom stereocenters. The van der Waals surface area contributed by atoms with Crippen LogP contribution in [0.2, 0.25) is 0 Å². The molecule has 0 aromatic carbocycles. The molecule has 0 fully saturated rings. The lowest BCUT2D eigenvalue weighted by molar-refractivity contribution is -0.135. The number of carboxylic acid groups (broad SMARTS) is 1. The average molecular weight is 153 g/mol. The minimum absolute atomic E-state index is 0.0556. The molecule has 0 amide bonds. The van der Waals surface area contributed by atoms with E-state index in [-0.39, 0.29) is 6.42 Å². The molecule has 0 saturated heterocycles. The summed E-state index contributed by atoms with van der Waals surface area (Å²) >= 11 is 0. The number of hydrogen-bond donors (Lipinski definition) is 1. The predicted molar refractivity (Wildman–Crippen MR) is 42.9 cm³/mol. The van der Waals surface area contributed by atoms with Gasteiger partial charge < -0.3 is 5.11 Å². The van der Waals surface area contributed by atoms with Crippen molar-refractivity contribution < 1.29 is 9.90 Å². The van der Waals surface area contributed by atoms with Crippen molar-refractivity contribution in [3.8, 4) is 6.07 Å². The van der Waals surface area contributed by atoms with Crippen molar-refractivity contribution in [2.45, 2.75) is 13.3 Å². The van der Waals surface area contributed by atoms with Crippen LogP contribution in [-0.4, -0.2) is 11.1 Å². The van der Waals surface area contributed by atoms with Crippen LogP contribution in [0.5, 0.6) is 0 Å². The fraction of sp³-hybridized carbons (Fsp3) is 0.250. The van der Waals surface area contributed by atoms with Crippen LogP contribution in [0, 0.1) is 11.3 Å². The summed E-state index contributed by atoms with van der Waals surface area (Å²) in [5.41, 5.74) is 0.560. The molecule has 0 unspecified atom stereocenters. The molecular weight excluding hydrogens is 142 g/mol. The Hall–Kier alpha value is -1.56. The van der Waals surface area contributed by atoms with Crippen LogP contribution in [0.15, 0.2) is 24.8 Å². The van der Waals surface area contributed by atoms with E-state index >= 15 is 0 Å². The molecule has 0 heterocycles. The highest BCUT2D eigenvalue weighted by Crippen LogP contribution is 1.75. The minimum atomic E-state index is -0.829. The predicted octanol–water partition coefficient (Wildman–Crippen LogP) is 1.73. The Morgan fingerprint density at radius 2 is 2.18 bits per heavy atom. The summed E-state index contributed by atoms with van der Waals surface area (Å²) in [5.74, 6) is -0.829. The van der Waals surface area contributed by atoms with Gasteiger partial charge in [0.05, 0.1) is 12.5 Å². The van der Waals surface area contributed by atoms with Crippen molar-refractivity contribution in [1.29, 1.82) is 5.26 Å². The fourth-order valence-electron chi connectivity index (χ4n) is 0.123. The van der Waals surface area contributed by atoms with Gasteiger partial charge >= 0.3 is 5.97 Å². The summed E-state index contributed by atoms with van der Waals surface area (Å²) in [7, 11) is 0. The molecule has 0 bridgehead atoms. The van der Waals surface area contributed by atoms with Crippen molar-refractivity contribution in [2.75, 3.05) is 0 Å². The Bertz CT molecular complexity index is 189. The van der Waals surface area contributed by atoms with Crippen LogP contribution >= 0.6 is 0 Å². The van der Waals surface area contributed by atoms with Crippen molar-refractivity contribution in [1.82, 2.24) is 0 Å². The summed E-state index contributed by atoms with van der Waals surface area (Å²) in [6.07, 6.45) is 1.41. The Balaban J connectivity index is 0. The van der Waals surface area contributed by atoms with Gasteiger partial charge in [0.2, 0.25) is 0 Å². The largest absolute Gasteiger partial charge is 0.481 e. The zero-order valence-corrected chi connectivity index (χ0v) is 6.50. The van der Waals surface area contributed by atoms with Crippen LogP contribution < -0.4 is 0 Å². The second-order valence-corrected chi connectivity index (χ2v) is 1.78. The molecule has 3 nitrogen and oxygen atoms in total. The Morgan fingerprint density at radius 3 is 2.18 bits per heavy atom. The van der Waals surface area contributed by atoms with Crippen molar-refractivity contribution >= 4 is 5.97 Å². The number of carbonyl (C=O) groups is 1. The van der Waals surface area contributed by atoms with Crippen molar-refractivity contribution in [2.24, 2.45) is 0 Å². The van der Waals surface area contributed by atoms with Crippen LogP contribution in [0.4, 0.5) is 0 Å². The van der Waals surface area contributed by atoms with E-state index in [2.05, 4.69) is 13.2 Å². The monoisotopic (exact) mass is 153 g/mol. The molecule has 0 spiro atoms. The zero-order valence-electron chi connectivity index (χ0n) is 6.50. The quantitative estimate of drug-likeness (QED) is 0.485.